The number of urea groups is 2. The van der Waals surface area contributed by atoms with E-state index in [1.165, 1.54) is 0 Å². The molecule has 0 bridgehead atoms. The van der Waals surface area contributed by atoms with Gasteiger partial charge in [0.1, 0.15) is 0 Å². The molecule has 136 valence electrons. The fraction of sp³-hybridized carbons (Fsp3) is 0.556. The second kappa shape index (κ2) is 9.15. The average Bonchev–Trinajstić information content (AvgIpc) is 2.39. The minimum Gasteiger partial charge on any atom is -0.333 e. The molecule has 4 N–H and O–H groups in total. The zero-order valence-corrected chi connectivity index (χ0v) is 16.1. The molecular weight excluding hydrogens is 304 g/mol. The van der Waals surface area contributed by atoms with Crippen LogP contribution in [0.2, 0.25) is 0 Å². The van der Waals surface area contributed by atoms with Crippen molar-refractivity contribution in [2.75, 3.05) is 10.6 Å². The Labute approximate surface area is 145 Å². The molecule has 0 aliphatic heterocycles. The first-order valence-electron chi connectivity index (χ1n) is 8.24. The maximum Gasteiger partial charge on any atom is 0.319 e. The number of nitrogens with one attached hydrogen (secondary N) is 4. The number of rotatable bonds is 2. The normalized spacial score (nSPS) is 10.8. The van der Waals surface area contributed by atoms with E-state index in [1.807, 2.05) is 55.4 Å². The Morgan fingerprint density at radius 2 is 1.00 bits per heavy atom. The van der Waals surface area contributed by atoms with Crippen LogP contribution >= 0.6 is 0 Å². The molecule has 0 heterocycles. The summed E-state index contributed by atoms with van der Waals surface area (Å²) in [5.74, 6) is 0. The van der Waals surface area contributed by atoms with Gasteiger partial charge in [-0.3, -0.25) is 0 Å². The standard InChI is InChI=1S/C16H26N4O2.C2H6/c1-15(2,3)19-13(21)17-11-9-7-8-10-12(11)18-14(22)20-16(4,5)6;1-2/h7-10H,1-6H3,(H2,17,19,21)(H2,18,20,22);1-2H3. The first-order valence-corrected chi connectivity index (χ1v) is 8.24. The molecule has 4 amide bonds. The molecule has 0 saturated heterocycles. The molecule has 0 radical (unpaired) electrons. The van der Waals surface area contributed by atoms with Crippen molar-refractivity contribution < 1.29 is 9.59 Å². The van der Waals surface area contributed by atoms with Crippen molar-refractivity contribution in [1.82, 2.24) is 10.6 Å². The number of benzene rings is 1. The zero-order valence-electron chi connectivity index (χ0n) is 16.1. The molecule has 0 aliphatic rings. The van der Waals surface area contributed by atoms with E-state index in [-0.39, 0.29) is 23.1 Å². The molecule has 1 aromatic carbocycles. The number of amides is 4. The van der Waals surface area contributed by atoms with E-state index in [2.05, 4.69) is 21.3 Å². The third-order valence-electron chi connectivity index (χ3n) is 2.40. The highest BCUT2D eigenvalue weighted by Crippen LogP contribution is 2.21. The lowest BCUT2D eigenvalue weighted by Gasteiger charge is -2.23. The minimum atomic E-state index is -0.337. The molecule has 6 nitrogen and oxygen atoms in total. The fourth-order valence-corrected chi connectivity index (χ4v) is 1.69. The van der Waals surface area contributed by atoms with Crippen LogP contribution in [0, 0.1) is 0 Å². The summed E-state index contributed by atoms with van der Waals surface area (Å²) in [6.07, 6.45) is 0. The number of hydrogen-bond acceptors (Lipinski definition) is 2. The van der Waals surface area contributed by atoms with E-state index >= 15 is 0 Å². The van der Waals surface area contributed by atoms with Crippen LogP contribution in [0.4, 0.5) is 21.0 Å². The molecule has 1 aromatic rings. The van der Waals surface area contributed by atoms with Crippen molar-refractivity contribution in [3.63, 3.8) is 0 Å². The number of hydrogen-bond donors (Lipinski definition) is 4. The van der Waals surface area contributed by atoms with Crippen molar-refractivity contribution in [3.05, 3.63) is 24.3 Å². The monoisotopic (exact) mass is 336 g/mol. The van der Waals surface area contributed by atoms with Crippen LogP contribution in [0.1, 0.15) is 55.4 Å². The van der Waals surface area contributed by atoms with Gasteiger partial charge in [0, 0.05) is 11.1 Å². The highest BCUT2D eigenvalue weighted by Gasteiger charge is 2.17. The highest BCUT2D eigenvalue weighted by molar-refractivity contribution is 5.98. The lowest BCUT2D eigenvalue weighted by atomic mass is 10.1. The molecule has 24 heavy (non-hydrogen) atoms. The van der Waals surface area contributed by atoms with Gasteiger partial charge in [-0.1, -0.05) is 26.0 Å². The molecule has 0 aromatic heterocycles. The quantitative estimate of drug-likeness (QED) is 0.639. The largest absolute Gasteiger partial charge is 0.333 e. The Hall–Kier alpha value is -2.24. The van der Waals surface area contributed by atoms with E-state index in [1.54, 1.807) is 24.3 Å². The SMILES string of the molecule is CC.CC(C)(C)NC(=O)Nc1ccccc1NC(=O)NC(C)(C)C. The summed E-state index contributed by atoms with van der Waals surface area (Å²) in [5.41, 5.74) is 0.396. The van der Waals surface area contributed by atoms with E-state index in [9.17, 15) is 9.59 Å². The summed E-state index contributed by atoms with van der Waals surface area (Å²) in [6.45, 7) is 15.4. The second-order valence-electron chi connectivity index (χ2n) is 7.20. The summed E-state index contributed by atoms with van der Waals surface area (Å²) in [7, 11) is 0. The topological polar surface area (TPSA) is 82.3 Å². The molecule has 0 unspecified atom stereocenters. The zero-order chi connectivity index (χ0) is 19.0. The number of carbonyl (C=O) groups excluding carboxylic acids is 2. The fourth-order valence-electron chi connectivity index (χ4n) is 1.69. The number of carbonyl (C=O) groups is 2. The van der Waals surface area contributed by atoms with Gasteiger partial charge in [-0.05, 0) is 53.7 Å². The van der Waals surface area contributed by atoms with Gasteiger partial charge < -0.3 is 21.3 Å². The average molecular weight is 336 g/mol. The van der Waals surface area contributed by atoms with Gasteiger partial charge in [-0.15, -0.1) is 0 Å². The Balaban J connectivity index is 0.00000254. The Morgan fingerprint density at radius 3 is 1.25 bits per heavy atom. The van der Waals surface area contributed by atoms with E-state index in [0.29, 0.717) is 11.4 Å². The van der Waals surface area contributed by atoms with Gasteiger partial charge >= 0.3 is 12.1 Å². The Morgan fingerprint density at radius 1 is 0.708 bits per heavy atom. The van der Waals surface area contributed by atoms with Gasteiger partial charge in [-0.2, -0.15) is 0 Å². The first kappa shape index (κ1) is 21.8. The van der Waals surface area contributed by atoms with Crippen molar-refractivity contribution in [1.29, 1.82) is 0 Å². The van der Waals surface area contributed by atoms with Crippen molar-refractivity contribution >= 4 is 23.4 Å². The van der Waals surface area contributed by atoms with Crippen LogP contribution in [0.5, 0.6) is 0 Å². The lowest BCUT2D eigenvalue weighted by molar-refractivity contribution is 0.242. The third-order valence-corrected chi connectivity index (χ3v) is 2.40. The van der Waals surface area contributed by atoms with Crippen LogP contribution in [0.3, 0.4) is 0 Å². The molecule has 0 fully saturated rings. The van der Waals surface area contributed by atoms with Crippen LogP contribution < -0.4 is 21.3 Å². The summed E-state index contributed by atoms with van der Waals surface area (Å²) in [5, 5.41) is 11.1. The Bertz CT molecular complexity index is 494. The predicted molar refractivity (Wildman–Crippen MR) is 102 cm³/mol. The van der Waals surface area contributed by atoms with Crippen LogP contribution in [0.15, 0.2) is 24.3 Å². The van der Waals surface area contributed by atoms with Crippen LogP contribution in [-0.2, 0) is 0 Å². The second-order valence-corrected chi connectivity index (χ2v) is 7.20. The maximum atomic E-state index is 11.9. The van der Waals surface area contributed by atoms with Gasteiger partial charge in [0.25, 0.3) is 0 Å². The predicted octanol–water partition coefficient (Wildman–Crippen LogP) is 4.55. The van der Waals surface area contributed by atoms with Gasteiger partial charge in [0.2, 0.25) is 0 Å². The van der Waals surface area contributed by atoms with Crippen LogP contribution in [-0.4, -0.2) is 23.1 Å². The van der Waals surface area contributed by atoms with Gasteiger partial charge in [0.15, 0.2) is 0 Å². The van der Waals surface area contributed by atoms with Crippen LogP contribution in [0.25, 0.3) is 0 Å². The molecule has 1 rings (SSSR count). The molecule has 0 saturated carbocycles. The molecule has 6 heteroatoms. The third kappa shape index (κ3) is 9.71. The first-order chi connectivity index (χ1) is 11.0. The minimum absolute atomic E-state index is 0.321. The van der Waals surface area contributed by atoms with Crippen molar-refractivity contribution in [3.8, 4) is 0 Å². The van der Waals surface area contributed by atoms with E-state index in [0.717, 1.165) is 0 Å². The maximum absolute atomic E-state index is 11.9. The summed E-state index contributed by atoms with van der Waals surface area (Å²) >= 11 is 0. The number of para-hydroxylation sites is 2. The Kier molecular flexibility index (Phi) is 8.30. The summed E-state index contributed by atoms with van der Waals surface area (Å²) in [6, 6.07) is 6.40. The van der Waals surface area contributed by atoms with Crippen molar-refractivity contribution in [2.24, 2.45) is 0 Å². The molecule has 0 aliphatic carbocycles. The van der Waals surface area contributed by atoms with E-state index < -0.39 is 0 Å². The highest BCUT2D eigenvalue weighted by atomic mass is 16.2. The lowest BCUT2D eigenvalue weighted by Crippen LogP contribution is -2.44. The van der Waals surface area contributed by atoms with Gasteiger partial charge in [0.05, 0.1) is 11.4 Å². The number of anilines is 2. The van der Waals surface area contributed by atoms with Gasteiger partial charge in [-0.25, -0.2) is 9.59 Å². The summed E-state index contributed by atoms with van der Waals surface area (Å²) < 4.78 is 0. The molecule has 0 atom stereocenters. The smallest absolute Gasteiger partial charge is 0.319 e. The van der Waals surface area contributed by atoms with E-state index in [4.69, 9.17) is 0 Å². The van der Waals surface area contributed by atoms with Crippen molar-refractivity contribution in [2.45, 2.75) is 66.5 Å². The molecule has 0 spiro atoms. The molecular formula is C18H32N4O2. The summed E-state index contributed by atoms with van der Waals surface area (Å²) in [4.78, 5) is 23.9.